The highest BCUT2D eigenvalue weighted by atomic mass is 35.5. The summed E-state index contributed by atoms with van der Waals surface area (Å²) in [6, 6.07) is 5.21. The van der Waals surface area contributed by atoms with Crippen LogP contribution < -0.4 is 11.1 Å². The zero-order valence-corrected chi connectivity index (χ0v) is 9.72. The summed E-state index contributed by atoms with van der Waals surface area (Å²) in [6.45, 7) is 0.487. The molecule has 4 nitrogen and oxygen atoms in total. The molecular weight excluding hydrogens is 249 g/mol. The normalized spacial score (nSPS) is 10.4. The van der Waals surface area contributed by atoms with Crippen LogP contribution in [0.1, 0.15) is 5.76 Å². The molecule has 0 unspecified atom stereocenters. The van der Waals surface area contributed by atoms with E-state index >= 15 is 0 Å². The SMILES string of the molecule is Nc1nc(NCc2ccco2)c(Cl)cc1Cl. The molecule has 0 saturated heterocycles. The van der Waals surface area contributed by atoms with E-state index in [2.05, 4.69) is 10.3 Å². The van der Waals surface area contributed by atoms with Crippen LogP contribution in [0.3, 0.4) is 0 Å². The minimum absolute atomic E-state index is 0.244. The van der Waals surface area contributed by atoms with Gasteiger partial charge >= 0.3 is 0 Å². The van der Waals surface area contributed by atoms with Crippen LogP contribution in [0.15, 0.2) is 28.9 Å². The van der Waals surface area contributed by atoms with E-state index in [0.717, 1.165) is 5.76 Å². The van der Waals surface area contributed by atoms with E-state index in [-0.39, 0.29) is 5.82 Å². The smallest absolute Gasteiger partial charge is 0.147 e. The molecular formula is C10H9Cl2N3O. The number of nitrogens with one attached hydrogen (secondary N) is 1. The predicted molar refractivity (Wildman–Crippen MR) is 64.7 cm³/mol. The summed E-state index contributed by atoms with van der Waals surface area (Å²) in [6.07, 6.45) is 1.60. The van der Waals surface area contributed by atoms with Crippen LogP contribution >= 0.6 is 23.2 Å². The van der Waals surface area contributed by atoms with E-state index in [0.29, 0.717) is 22.4 Å². The Bertz CT molecular complexity index is 485. The molecule has 0 aromatic carbocycles. The molecule has 0 radical (unpaired) electrons. The lowest BCUT2D eigenvalue weighted by Crippen LogP contribution is -2.03. The van der Waals surface area contributed by atoms with Crippen molar-refractivity contribution in [2.24, 2.45) is 0 Å². The number of nitrogens with two attached hydrogens (primary N) is 1. The first-order chi connectivity index (χ1) is 7.66. The Morgan fingerprint density at radius 1 is 1.38 bits per heavy atom. The molecule has 2 heterocycles. The molecule has 0 spiro atoms. The molecule has 2 aromatic heterocycles. The number of halogens is 2. The van der Waals surface area contributed by atoms with Gasteiger partial charge in [-0.2, -0.15) is 0 Å². The third-order valence-corrected chi connectivity index (χ3v) is 2.56. The van der Waals surface area contributed by atoms with E-state index in [1.165, 1.54) is 0 Å². The zero-order valence-electron chi connectivity index (χ0n) is 8.21. The number of pyridine rings is 1. The molecule has 2 rings (SSSR count). The Hall–Kier alpha value is -1.39. The van der Waals surface area contributed by atoms with Gasteiger partial charge in [-0.1, -0.05) is 23.2 Å². The fraction of sp³-hybridized carbons (Fsp3) is 0.100. The molecule has 16 heavy (non-hydrogen) atoms. The van der Waals surface area contributed by atoms with Crippen molar-refractivity contribution >= 4 is 34.8 Å². The van der Waals surface area contributed by atoms with Crippen molar-refractivity contribution in [3.63, 3.8) is 0 Å². The third kappa shape index (κ3) is 2.40. The second-order valence-electron chi connectivity index (χ2n) is 3.12. The fourth-order valence-electron chi connectivity index (χ4n) is 1.19. The highest BCUT2D eigenvalue weighted by Gasteiger charge is 2.07. The summed E-state index contributed by atoms with van der Waals surface area (Å²) in [5.41, 5.74) is 5.57. The average molecular weight is 258 g/mol. The van der Waals surface area contributed by atoms with Gasteiger partial charge in [-0.15, -0.1) is 0 Å². The van der Waals surface area contributed by atoms with Gasteiger partial charge in [-0.3, -0.25) is 0 Å². The molecule has 0 fully saturated rings. The quantitative estimate of drug-likeness (QED) is 0.887. The molecule has 84 valence electrons. The van der Waals surface area contributed by atoms with E-state index in [1.807, 2.05) is 12.1 Å². The molecule has 0 aliphatic rings. The largest absolute Gasteiger partial charge is 0.467 e. The highest BCUT2D eigenvalue weighted by molar-refractivity contribution is 6.37. The van der Waals surface area contributed by atoms with Gasteiger partial charge in [0, 0.05) is 0 Å². The Kier molecular flexibility index (Phi) is 3.22. The first-order valence-electron chi connectivity index (χ1n) is 4.54. The maximum absolute atomic E-state index is 5.95. The lowest BCUT2D eigenvalue weighted by atomic mass is 10.4. The average Bonchev–Trinajstić information content (AvgIpc) is 2.74. The first-order valence-corrected chi connectivity index (χ1v) is 5.30. The van der Waals surface area contributed by atoms with Crippen LogP contribution in [-0.2, 0) is 6.54 Å². The highest BCUT2D eigenvalue weighted by Crippen LogP contribution is 2.27. The van der Waals surface area contributed by atoms with Gasteiger partial charge in [0.05, 0.1) is 22.9 Å². The van der Waals surface area contributed by atoms with Crippen molar-refractivity contribution in [3.05, 3.63) is 40.3 Å². The van der Waals surface area contributed by atoms with Crippen LogP contribution in [0.4, 0.5) is 11.6 Å². The van der Waals surface area contributed by atoms with Crippen LogP contribution in [-0.4, -0.2) is 4.98 Å². The Labute approximate surface area is 102 Å². The van der Waals surface area contributed by atoms with Gasteiger partial charge in [0.1, 0.15) is 17.4 Å². The predicted octanol–water partition coefficient (Wildman–Crippen LogP) is 3.18. The molecule has 0 saturated carbocycles. The molecule has 2 aromatic rings. The monoisotopic (exact) mass is 257 g/mol. The molecule has 6 heteroatoms. The number of nitrogen functional groups attached to an aromatic ring is 1. The van der Waals surface area contributed by atoms with Crippen molar-refractivity contribution in [2.45, 2.75) is 6.54 Å². The standard InChI is InChI=1S/C10H9Cl2N3O/c11-7-4-8(12)10(15-9(7)13)14-5-6-2-1-3-16-6/h1-4H,5H2,(H3,13,14,15). The summed E-state index contributed by atoms with van der Waals surface area (Å²) in [7, 11) is 0. The molecule has 0 bridgehead atoms. The third-order valence-electron chi connectivity index (χ3n) is 1.97. The first kappa shape index (κ1) is 11.1. The van der Waals surface area contributed by atoms with Crippen LogP contribution in [0.2, 0.25) is 10.0 Å². The van der Waals surface area contributed by atoms with Crippen molar-refractivity contribution in [1.82, 2.24) is 4.98 Å². The zero-order chi connectivity index (χ0) is 11.5. The number of aromatic nitrogens is 1. The summed E-state index contributed by atoms with van der Waals surface area (Å²) in [5, 5.41) is 3.77. The summed E-state index contributed by atoms with van der Waals surface area (Å²) >= 11 is 11.7. The van der Waals surface area contributed by atoms with Crippen molar-refractivity contribution in [1.29, 1.82) is 0 Å². The van der Waals surface area contributed by atoms with E-state index in [4.69, 9.17) is 33.4 Å². The fourth-order valence-corrected chi connectivity index (χ4v) is 1.61. The van der Waals surface area contributed by atoms with Crippen molar-refractivity contribution < 1.29 is 4.42 Å². The van der Waals surface area contributed by atoms with Crippen LogP contribution in [0.25, 0.3) is 0 Å². The molecule has 0 atom stereocenters. The maximum atomic E-state index is 5.95. The summed E-state index contributed by atoms with van der Waals surface area (Å²) in [5.74, 6) is 1.51. The minimum Gasteiger partial charge on any atom is -0.467 e. The molecule has 0 amide bonds. The van der Waals surface area contributed by atoms with Crippen molar-refractivity contribution in [2.75, 3.05) is 11.1 Å². The number of anilines is 2. The van der Waals surface area contributed by atoms with Gasteiger partial charge in [0.25, 0.3) is 0 Å². The van der Waals surface area contributed by atoms with Crippen LogP contribution in [0, 0.1) is 0 Å². The topological polar surface area (TPSA) is 64.1 Å². The molecule has 0 aliphatic carbocycles. The van der Waals surface area contributed by atoms with E-state index < -0.39 is 0 Å². The molecule has 3 N–H and O–H groups in total. The summed E-state index contributed by atoms with van der Waals surface area (Å²) in [4.78, 5) is 4.03. The minimum atomic E-state index is 0.244. The van der Waals surface area contributed by atoms with Gasteiger partial charge in [-0.05, 0) is 18.2 Å². The van der Waals surface area contributed by atoms with Gasteiger partial charge in [-0.25, -0.2) is 4.98 Å². The lowest BCUT2D eigenvalue weighted by Gasteiger charge is -2.07. The Morgan fingerprint density at radius 3 is 2.88 bits per heavy atom. The second kappa shape index (κ2) is 4.63. The maximum Gasteiger partial charge on any atom is 0.147 e. The van der Waals surface area contributed by atoms with Gasteiger partial charge < -0.3 is 15.5 Å². The van der Waals surface area contributed by atoms with E-state index in [9.17, 15) is 0 Å². The number of hydrogen-bond acceptors (Lipinski definition) is 4. The summed E-state index contributed by atoms with van der Waals surface area (Å²) < 4.78 is 5.16. The van der Waals surface area contributed by atoms with Gasteiger partial charge in [0.15, 0.2) is 0 Å². The lowest BCUT2D eigenvalue weighted by molar-refractivity contribution is 0.518. The van der Waals surface area contributed by atoms with E-state index in [1.54, 1.807) is 12.3 Å². The Morgan fingerprint density at radius 2 is 2.19 bits per heavy atom. The number of hydrogen-bond donors (Lipinski definition) is 2. The number of nitrogens with zero attached hydrogens (tertiary/aromatic N) is 1. The number of furan rings is 1. The molecule has 0 aliphatic heterocycles. The van der Waals surface area contributed by atoms with Gasteiger partial charge in [0.2, 0.25) is 0 Å². The van der Waals surface area contributed by atoms with Crippen molar-refractivity contribution in [3.8, 4) is 0 Å². The Balaban J connectivity index is 2.12. The van der Waals surface area contributed by atoms with Crippen LogP contribution in [0.5, 0.6) is 0 Å². The number of rotatable bonds is 3. The second-order valence-corrected chi connectivity index (χ2v) is 3.93.